The number of fused-ring (bicyclic) bond motifs is 1. The van der Waals surface area contributed by atoms with Gasteiger partial charge in [-0.15, -0.1) is 0 Å². The molecule has 0 aliphatic carbocycles. The van der Waals surface area contributed by atoms with Crippen LogP contribution in [0.25, 0.3) is 21.9 Å². The summed E-state index contributed by atoms with van der Waals surface area (Å²) in [4.78, 5) is 11.5. The normalized spacial score (nSPS) is 10.7. The fourth-order valence-electron chi connectivity index (χ4n) is 2.39. The van der Waals surface area contributed by atoms with Gasteiger partial charge < -0.3 is 5.11 Å². The number of hydrogen-bond acceptors (Lipinski definition) is 1. The van der Waals surface area contributed by atoms with Gasteiger partial charge in [-0.05, 0) is 34.5 Å². The van der Waals surface area contributed by atoms with Crippen molar-refractivity contribution in [1.29, 1.82) is 0 Å². The smallest absolute Gasteiger partial charge is 0.336 e. The van der Waals surface area contributed by atoms with E-state index in [-0.39, 0.29) is 5.56 Å². The van der Waals surface area contributed by atoms with Crippen LogP contribution < -0.4 is 0 Å². The molecule has 20 heavy (non-hydrogen) atoms. The van der Waals surface area contributed by atoms with Crippen LogP contribution in [0.4, 0.5) is 0 Å². The first-order valence-corrected chi connectivity index (χ1v) is 6.55. The van der Waals surface area contributed by atoms with Crippen LogP contribution in [0.1, 0.15) is 10.4 Å². The third-order valence-electron chi connectivity index (χ3n) is 3.28. The van der Waals surface area contributed by atoms with Crippen molar-refractivity contribution in [2.24, 2.45) is 0 Å². The molecule has 3 rings (SSSR count). The van der Waals surface area contributed by atoms with Crippen LogP contribution in [0.15, 0.2) is 60.7 Å². The molecule has 0 aromatic heterocycles. The maximum absolute atomic E-state index is 11.5. The van der Waals surface area contributed by atoms with Gasteiger partial charge in [-0.3, -0.25) is 0 Å². The summed E-state index contributed by atoms with van der Waals surface area (Å²) >= 11 is 6.06. The van der Waals surface area contributed by atoms with E-state index in [1.54, 1.807) is 12.1 Å². The van der Waals surface area contributed by atoms with Gasteiger partial charge in [0.2, 0.25) is 0 Å². The molecule has 0 bridgehead atoms. The average molecular weight is 283 g/mol. The molecule has 1 N–H and O–H groups in total. The summed E-state index contributed by atoms with van der Waals surface area (Å²) in [6, 6.07) is 18.5. The summed E-state index contributed by atoms with van der Waals surface area (Å²) in [5, 5.41) is 11.8. The average Bonchev–Trinajstić information content (AvgIpc) is 2.46. The highest BCUT2D eigenvalue weighted by Crippen LogP contribution is 2.33. The zero-order valence-electron chi connectivity index (χ0n) is 10.5. The van der Waals surface area contributed by atoms with Gasteiger partial charge in [-0.2, -0.15) is 0 Å². The van der Waals surface area contributed by atoms with Crippen molar-refractivity contribution in [2.75, 3.05) is 0 Å². The summed E-state index contributed by atoms with van der Waals surface area (Å²) < 4.78 is 0. The first-order valence-electron chi connectivity index (χ1n) is 6.18. The minimum atomic E-state index is -0.939. The zero-order valence-corrected chi connectivity index (χ0v) is 11.3. The molecule has 0 saturated carbocycles. The molecule has 3 heteroatoms. The van der Waals surface area contributed by atoms with E-state index in [9.17, 15) is 9.90 Å². The third-order valence-corrected chi connectivity index (χ3v) is 3.51. The van der Waals surface area contributed by atoms with Crippen molar-refractivity contribution < 1.29 is 9.90 Å². The monoisotopic (exact) mass is 282 g/mol. The van der Waals surface area contributed by atoms with Gasteiger partial charge in [-0.1, -0.05) is 54.1 Å². The van der Waals surface area contributed by atoms with Gasteiger partial charge >= 0.3 is 5.97 Å². The van der Waals surface area contributed by atoms with Crippen LogP contribution in [-0.4, -0.2) is 11.1 Å². The molecule has 0 saturated heterocycles. The number of aromatic carboxylic acids is 1. The fraction of sp³-hybridized carbons (Fsp3) is 0. The Morgan fingerprint density at radius 2 is 1.65 bits per heavy atom. The summed E-state index contributed by atoms with van der Waals surface area (Å²) in [6.45, 7) is 0. The van der Waals surface area contributed by atoms with Crippen LogP contribution in [0.2, 0.25) is 5.02 Å². The SMILES string of the molecule is O=C(O)c1ccc2ccc(Cl)cc2c1-c1ccccc1. The molecule has 0 amide bonds. The van der Waals surface area contributed by atoms with Gasteiger partial charge in [0.15, 0.2) is 0 Å². The Morgan fingerprint density at radius 3 is 2.35 bits per heavy atom. The number of carboxylic acids is 1. The Labute approximate surface area is 121 Å². The van der Waals surface area contributed by atoms with Crippen LogP contribution in [-0.2, 0) is 0 Å². The molecular weight excluding hydrogens is 272 g/mol. The molecule has 0 heterocycles. The van der Waals surface area contributed by atoms with Crippen LogP contribution in [0, 0.1) is 0 Å². The molecule has 0 radical (unpaired) electrons. The highest BCUT2D eigenvalue weighted by Gasteiger charge is 2.15. The van der Waals surface area contributed by atoms with E-state index < -0.39 is 5.97 Å². The topological polar surface area (TPSA) is 37.3 Å². The zero-order chi connectivity index (χ0) is 14.1. The Kier molecular flexibility index (Phi) is 3.17. The first kappa shape index (κ1) is 12.7. The van der Waals surface area contributed by atoms with Crippen molar-refractivity contribution in [1.82, 2.24) is 0 Å². The van der Waals surface area contributed by atoms with E-state index in [0.717, 1.165) is 16.3 Å². The van der Waals surface area contributed by atoms with Crippen molar-refractivity contribution in [3.8, 4) is 11.1 Å². The fourth-order valence-corrected chi connectivity index (χ4v) is 2.56. The standard InChI is InChI=1S/C17H11ClO2/c18-13-8-6-11-7-9-14(17(19)20)16(15(11)10-13)12-4-2-1-3-5-12/h1-10H,(H,19,20). The number of halogens is 1. The predicted octanol–water partition coefficient (Wildman–Crippen LogP) is 4.86. The predicted molar refractivity (Wildman–Crippen MR) is 81.4 cm³/mol. The largest absolute Gasteiger partial charge is 0.478 e. The number of benzene rings is 3. The Bertz CT molecular complexity index is 795. The lowest BCUT2D eigenvalue weighted by Gasteiger charge is -2.11. The quantitative estimate of drug-likeness (QED) is 0.729. The molecule has 0 fully saturated rings. The summed E-state index contributed by atoms with van der Waals surface area (Å²) in [7, 11) is 0. The number of hydrogen-bond donors (Lipinski definition) is 1. The van der Waals surface area contributed by atoms with Crippen LogP contribution >= 0.6 is 11.6 Å². The third kappa shape index (κ3) is 2.15. The van der Waals surface area contributed by atoms with Gasteiger partial charge in [0.05, 0.1) is 5.56 Å². The molecule has 0 aliphatic heterocycles. The number of rotatable bonds is 2. The minimum Gasteiger partial charge on any atom is -0.478 e. The second kappa shape index (κ2) is 4.99. The lowest BCUT2D eigenvalue weighted by atomic mass is 9.93. The van der Waals surface area contributed by atoms with Crippen molar-refractivity contribution in [2.45, 2.75) is 0 Å². The Morgan fingerprint density at radius 1 is 0.950 bits per heavy atom. The second-order valence-corrected chi connectivity index (χ2v) is 4.96. The van der Waals surface area contributed by atoms with Crippen molar-refractivity contribution in [3.63, 3.8) is 0 Å². The van der Waals surface area contributed by atoms with Crippen LogP contribution in [0.3, 0.4) is 0 Å². The van der Waals surface area contributed by atoms with Crippen LogP contribution in [0.5, 0.6) is 0 Å². The highest BCUT2D eigenvalue weighted by molar-refractivity contribution is 6.31. The van der Waals surface area contributed by atoms with Gasteiger partial charge in [-0.25, -0.2) is 4.79 Å². The molecule has 3 aromatic rings. The van der Waals surface area contributed by atoms with E-state index in [2.05, 4.69) is 0 Å². The summed E-state index contributed by atoms with van der Waals surface area (Å²) in [5.41, 5.74) is 1.86. The minimum absolute atomic E-state index is 0.283. The Balaban J connectivity index is 2.44. The maximum Gasteiger partial charge on any atom is 0.336 e. The molecule has 0 unspecified atom stereocenters. The lowest BCUT2D eigenvalue weighted by molar-refractivity contribution is 0.0698. The molecule has 0 aliphatic rings. The van der Waals surface area contributed by atoms with E-state index >= 15 is 0 Å². The van der Waals surface area contributed by atoms with Gasteiger partial charge in [0, 0.05) is 10.6 Å². The van der Waals surface area contributed by atoms with E-state index in [4.69, 9.17) is 11.6 Å². The Hall–Kier alpha value is -2.32. The highest BCUT2D eigenvalue weighted by atomic mass is 35.5. The molecular formula is C17H11ClO2. The maximum atomic E-state index is 11.5. The lowest BCUT2D eigenvalue weighted by Crippen LogP contribution is -2.00. The summed E-state index contributed by atoms with van der Waals surface area (Å²) in [5.74, 6) is -0.939. The van der Waals surface area contributed by atoms with Crippen molar-refractivity contribution in [3.05, 3.63) is 71.2 Å². The summed E-state index contributed by atoms with van der Waals surface area (Å²) in [6.07, 6.45) is 0. The van der Waals surface area contributed by atoms with E-state index in [1.807, 2.05) is 48.5 Å². The van der Waals surface area contributed by atoms with Gasteiger partial charge in [0.1, 0.15) is 0 Å². The first-order chi connectivity index (χ1) is 9.66. The molecule has 2 nitrogen and oxygen atoms in total. The second-order valence-electron chi connectivity index (χ2n) is 4.52. The molecule has 98 valence electrons. The number of carboxylic acid groups (broad SMARTS) is 1. The number of carbonyl (C=O) groups is 1. The molecule has 0 atom stereocenters. The van der Waals surface area contributed by atoms with E-state index in [1.165, 1.54) is 0 Å². The van der Waals surface area contributed by atoms with Crippen molar-refractivity contribution >= 4 is 28.3 Å². The molecule has 0 spiro atoms. The van der Waals surface area contributed by atoms with E-state index in [0.29, 0.717) is 10.6 Å². The molecule has 3 aromatic carbocycles. The van der Waals surface area contributed by atoms with Gasteiger partial charge in [0.25, 0.3) is 0 Å².